The summed E-state index contributed by atoms with van der Waals surface area (Å²) in [7, 11) is 0. The number of nitrogens with two attached hydrogens (primary N) is 1. The van der Waals surface area contributed by atoms with Gasteiger partial charge in [0.2, 0.25) is 0 Å². The molecule has 0 bridgehead atoms. The molecule has 1 heterocycles. The quantitative estimate of drug-likeness (QED) is 0.671. The molecule has 2 atom stereocenters. The van der Waals surface area contributed by atoms with E-state index in [1.807, 2.05) is 0 Å². The Morgan fingerprint density at radius 3 is 3.00 bits per heavy atom. The number of morpholine rings is 1. The third-order valence-electron chi connectivity index (χ3n) is 2.48. The second-order valence-corrected chi connectivity index (χ2v) is 3.60. The van der Waals surface area contributed by atoms with Crippen molar-refractivity contribution in [2.75, 3.05) is 26.2 Å². The Labute approximate surface area is 74.9 Å². The van der Waals surface area contributed by atoms with Crippen LogP contribution in [-0.4, -0.2) is 43.3 Å². The summed E-state index contributed by atoms with van der Waals surface area (Å²) in [5.74, 6) is 0. The molecule has 1 aliphatic rings. The minimum absolute atomic E-state index is 0.388. The first-order valence-corrected chi connectivity index (χ1v) is 4.79. The van der Waals surface area contributed by atoms with E-state index in [0.717, 1.165) is 32.7 Å². The summed E-state index contributed by atoms with van der Waals surface area (Å²) in [4.78, 5) is 2.46. The van der Waals surface area contributed by atoms with Crippen molar-refractivity contribution in [3.05, 3.63) is 0 Å². The second kappa shape index (κ2) is 4.80. The Kier molecular flexibility index (Phi) is 3.98. The molecular weight excluding hydrogens is 152 g/mol. The predicted octanol–water partition coefficient (Wildman–Crippen LogP) is 0.444. The molecule has 0 spiro atoms. The molecule has 2 N–H and O–H groups in total. The molecule has 3 heteroatoms. The van der Waals surface area contributed by atoms with Crippen LogP contribution in [0.1, 0.15) is 20.3 Å². The van der Waals surface area contributed by atoms with Gasteiger partial charge in [-0.1, -0.05) is 0 Å². The first-order chi connectivity index (χ1) is 5.74. The van der Waals surface area contributed by atoms with Crippen LogP contribution in [0.2, 0.25) is 0 Å². The Morgan fingerprint density at radius 1 is 1.67 bits per heavy atom. The molecule has 0 radical (unpaired) electrons. The highest BCUT2D eigenvalue weighted by atomic mass is 16.5. The van der Waals surface area contributed by atoms with Gasteiger partial charge in [-0.2, -0.15) is 0 Å². The molecule has 72 valence electrons. The van der Waals surface area contributed by atoms with E-state index in [4.69, 9.17) is 10.5 Å². The van der Waals surface area contributed by atoms with Crippen LogP contribution < -0.4 is 5.73 Å². The molecule has 1 fully saturated rings. The van der Waals surface area contributed by atoms with E-state index in [1.54, 1.807) is 0 Å². The summed E-state index contributed by atoms with van der Waals surface area (Å²) in [5, 5.41) is 0. The number of rotatable bonds is 3. The van der Waals surface area contributed by atoms with Crippen LogP contribution in [0.4, 0.5) is 0 Å². The van der Waals surface area contributed by atoms with Gasteiger partial charge in [-0.05, 0) is 26.8 Å². The lowest BCUT2D eigenvalue weighted by molar-refractivity contribution is -0.0321. The van der Waals surface area contributed by atoms with Crippen LogP contribution in [0.3, 0.4) is 0 Å². The fourth-order valence-corrected chi connectivity index (χ4v) is 1.67. The van der Waals surface area contributed by atoms with Crippen molar-refractivity contribution in [2.45, 2.75) is 32.4 Å². The van der Waals surface area contributed by atoms with Gasteiger partial charge in [-0.25, -0.2) is 0 Å². The minimum Gasteiger partial charge on any atom is -0.376 e. The molecule has 0 aromatic heterocycles. The maximum absolute atomic E-state index is 5.51. The molecule has 0 aliphatic carbocycles. The Morgan fingerprint density at radius 2 is 2.42 bits per heavy atom. The van der Waals surface area contributed by atoms with E-state index in [-0.39, 0.29) is 0 Å². The van der Waals surface area contributed by atoms with Gasteiger partial charge in [-0.15, -0.1) is 0 Å². The summed E-state index contributed by atoms with van der Waals surface area (Å²) in [6.45, 7) is 8.14. The number of hydrogen-bond donors (Lipinski definition) is 1. The average Bonchev–Trinajstić information content (AvgIpc) is 2.05. The van der Waals surface area contributed by atoms with Gasteiger partial charge in [0.25, 0.3) is 0 Å². The molecule has 1 aliphatic heterocycles. The Balaban J connectivity index is 2.29. The van der Waals surface area contributed by atoms with Crippen LogP contribution in [0.25, 0.3) is 0 Å². The van der Waals surface area contributed by atoms with E-state index in [1.165, 1.54) is 0 Å². The fraction of sp³-hybridized carbons (Fsp3) is 1.00. The lowest BCUT2D eigenvalue weighted by Crippen LogP contribution is -2.46. The summed E-state index contributed by atoms with van der Waals surface area (Å²) >= 11 is 0. The van der Waals surface area contributed by atoms with Gasteiger partial charge in [0.05, 0.1) is 12.7 Å². The van der Waals surface area contributed by atoms with E-state index in [9.17, 15) is 0 Å². The van der Waals surface area contributed by atoms with Gasteiger partial charge in [0, 0.05) is 19.1 Å². The second-order valence-electron chi connectivity index (χ2n) is 3.60. The molecule has 1 rings (SSSR count). The molecule has 1 saturated heterocycles. The zero-order valence-electron chi connectivity index (χ0n) is 8.12. The van der Waals surface area contributed by atoms with Gasteiger partial charge < -0.3 is 10.5 Å². The lowest BCUT2D eigenvalue weighted by Gasteiger charge is -2.35. The maximum Gasteiger partial charge on any atom is 0.0674 e. The van der Waals surface area contributed by atoms with Crippen LogP contribution in [0.15, 0.2) is 0 Å². The zero-order chi connectivity index (χ0) is 8.97. The third kappa shape index (κ3) is 2.73. The SMILES string of the molecule is CC1CN(C(C)CCN)CCO1. The number of nitrogens with zero attached hydrogens (tertiary/aromatic N) is 1. The Hall–Kier alpha value is -0.120. The van der Waals surface area contributed by atoms with Gasteiger partial charge >= 0.3 is 0 Å². The molecule has 0 amide bonds. The third-order valence-corrected chi connectivity index (χ3v) is 2.48. The van der Waals surface area contributed by atoms with Crippen LogP contribution in [0, 0.1) is 0 Å². The van der Waals surface area contributed by atoms with E-state index in [2.05, 4.69) is 18.7 Å². The van der Waals surface area contributed by atoms with E-state index < -0.39 is 0 Å². The first kappa shape index (κ1) is 9.96. The van der Waals surface area contributed by atoms with Crippen molar-refractivity contribution in [2.24, 2.45) is 5.73 Å². The highest BCUT2D eigenvalue weighted by Gasteiger charge is 2.20. The Bertz CT molecular complexity index is 130. The largest absolute Gasteiger partial charge is 0.376 e. The molecule has 0 aromatic carbocycles. The van der Waals surface area contributed by atoms with E-state index in [0.29, 0.717) is 12.1 Å². The fourth-order valence-electron chi connectivity index (χ4n) is 1.67. The monoisotopic (exact) mass is 172 g/mol. The van der Waals surface area contributed by atoms with Crippen molar-refractivity contribution in [1.29, 1.82) is 0 Å². The van der Waals surface area contributed by atoms with Crippen LogP contribution in [0.5, 0.6) is 0 Å². The average molecular weight is 172 g/mol. The summed E-state index contributed by atoms with van der Waals surface area (Å²) in [5.41, 5.74) is 5.51. The number of hydrogen-bond acceptors (Lipinski definition) is 3. The molecule has 0 saturated carbocycles. The number of ether oxygens (including phenoxy) is 1. The van der Waals surface area contributed by atoms with Crippen LogP contribution >= 0.6 is 0 Å². The minimum atomic E-state index is 0.388. The normalized spacial score (nSPS) is 28.8. The highest BCUT2D eigenvalue weighted by Crippen LogP contribution is 2.09. The summed E-state index contributed by atoms with van der Waals surface area (Å²) in [6, 6.07) is 0.612. The van der Waals surface area contributed by atoms with Crippen molar-refractivity contribution < 1.29 is 4.74 Å². The van der Waals surface area contributed by atoms with Crippen molar-refractivity contribution >= 4 is 0 Å². The first-order valence-electron chi connectivity index (χ1n) is 4.79. The molecule has 0 aromatic rings. The smallest absolute Gasteiger partial charge is 0.0674 e. The topological polar surface area (TPSA) is 38.5 Å². The van der Waals surface area contributed by atoms with Crippen molar-refractivity contribution in [3.63, 3.8) is 0 Å². The highest BCUT2D eigenvalue weighted by molar-refractivity contribution is 4.73. The van der Waals surface area contributed by atoms with Gasteiger partial charge in [0.1, 0.15) is 0 Å². The zero-order valence-corrected chi connectivity index (χ0v) is 8.12. The van der Waals surface area contributed by atoms with Crippen molar-refractivity contribution in [1.82, 2.24) is 4.90 Å². The van der Waals surface area contributed by atoms with E-state index >= 15 is 0 Å². The van der Waals surface area contributed by atoms with Crippen molar-refractivity contribution in [3.8, 4) is 0 Å². The standard InChI is InChI=1S/C9H20N2O/c1-8(3-4-10)11-5-6-12-9(2)7-11/h8-9H,3-7,10H2,1-2H3. The predicted molar refractivity (Wildman–Crippen MR) is 50.1 cm³/mol. The molecule has 2 unspecified atom stereocenters. The lowest BCUT2D eigenvalue weighted by atomic mass is 10.1. The molecular formula is C9H20N2O. The molecule has 3 nitrogen and oxygen atoms in total. The van der Waals surface area contributed by atoms with Gasteiger partial charge in [-0.3, -0.25) is 4.90 Å². The maximum atomic E-state index is 5.51. The van der Waals surface area contributed by atoms with Gasteiger partial charge in [0.15, 0.2) is 0 Å². The molecule has 12 heavy (non-hydrogen) atoms. The summed E-state index contributed by atoms with van der Waals surface area (Å²) in [6.07, 6.45) is 1.48. The summed E-state index contributed by atoms with van der Waals surface area (Å²) < 4.78 is 5.46. The van der Waals surface area contributed by atoms with Crippen LogP contribution in [-0.2, 0) is 4.74 Å².